The Labute approximate surface area is 153 Å². The van der Waals surface area contributed by atoms with Gasteiger partial charge in [-0.05, 0) is 30.2 Å². The quantitative estimate of drug-likeness (QED) is 0.913. The van der Waals surface area contributed by atoms with Gasteiger partial charge in [-0.1, -0.05) is 18.2 Å². The van der Waals surface area contributed by atoms with Gasteiger partial charge in [0.2, 0.25) is 0 Å². The van der Waals surface area contributed by atoms with E-state index in [1.807, 2.05) is 29.2 Å². The molecule has 2 aliphatic rings. The van der Waals surface area contributed by atoms with Crippen LogP contribution in [-0.2, 0) is 11.2 Å². The highest BCUT2D eigenvalue weighted by Crippen LogP contribution is 2.26. The number of hydrogen-bond acceptors (Lipinski definition) is 5. The highest BCUT2D eigenvalue weighted by Gasteiger charge is 2.21. The third-order valence-corrected chi connectivity index (χ3v) is 4.83. The molecule has 0 unspecified atom stereocenters. The number of para-hydroxylation sites is 1. The van der Waals surface area contributed by atoms with E-state index in [-0.39, 0.29) is 5.91 Å². The van der Waals surface area contributed by atoms with Crippen LogP contribution >= 0.6 is 0 Å². The topological polar surface area (TPSA) is 63.7 Å². The van der Waals surface area contributed by atoms with Crippen molar-refractivity contribution in [3.8, 4) is 5.75 Å². The van der Waals surface area contributed by atoms with E-state index in [1.165, 1.54) is 5.56 Å². The fourth-order valence-corrected chi connectivity index (χ4v) is 3.38. The first kappa shape index (κ1) is 16.8. The summed E-state index contributed by atoms with van der Waals surface area (Å²) < 4.78 is 11.1. The van der Waals surface area contributed by atoms with Crippen LogP contribution in [-0.4, -0.2) is 55.2 Å². The van der Waals surface area contributed by atoms with Crippen LogP contribution in [0.2, 0.25) is 0 Å². The van der Waals surface area contributed by atoms with E-state index in [0.29, 0.717) is 44.4 Å². The molecule has 2 aliphatic heterocycles. The molecule has 1 fully saturated rings. The minimum atomic E-state index is 0.0358. The molecule has 0 radical (unpaired) electrons. The van der Waals surface area contributed by atoms with Gasteiger partial charge in [0.25, 0.3) is 5.91 Å². The highest BCUT2D eigenvalue weighted by molar-refractivity contribution is 5.94. The molecule has 1 amide bonds. The minimum Gasteiger partial charge on any atom is -0.493 e. The maximum absolute atomic E-state index is 12.6. The smallest absolute Gasteiger partial charge is 0.254 e. The SMILES string of the molecule is O=C(c1ccnc(NC[C@@H]2COc3ccccc3C2)c1)N1CCOCC1. The van der Waals surface area contributed by atoms with E-state index < -0.39 is 0 Å². The number of nitrogens with one attached hydrogen (secondary N) is 1. The number of anilines is 1. The molecule has 26 heavy (non-hydrogen) atoms. The number of pyridine rings is 1. The van der Waals surface area contributed by atoms with Crippen LogP contribution in [0.25, 0.3) is 0 Å². The molecule has 1 N–H and O–H groups in total. The summed E-state index contributed by atoms with van der Waals surface area (Å²) in [5.74, 6) is 2.13. The van der Waals surface area contributed by atoms with Crippen LogP contribution in [0.15, 0.2) is 42.6 Å². The Morgan fingerprint density at radius 1 is 1.23 bits per heavy atom. The van der Waals surface area contributed by atoms with Crippen molar-refractivity contribution in [2.75, 3.05) is 44.8 Å². The van der Waals surface area contributed by atoms with E-state index in [4.69, 9.17) is 9.47 Å². The number of carbonyl (C=O) groups is 1. The van der Waals surface area contributed by atoms with Gasteiger partial charge >= 0.3 is 0 Å². The van der Waals surface area contributed by atoms with Crippen LogP contribution in [0.5, 0.6) is 5.75 Å². The molecule has 0 aliphatic carbocycles. The lowest BCUT2D eigenvalue weighted by molar-refractivity contribution is 0.0303. The van der Waals surface area contributed by atoms with E-state index in [9.17, 15) is 4.79 Å². The zero-order valence-electron chi connectivity index (χ0n) is 14.7. The molecule has 0 saturated carbocycles. The number of fused-ring (bicyclic) bond motifs is 1. The second kappa shape index (κ2) is 7.74. The van der Waals surface area contributed by atoms with Crippen LogP contribution in [0.1, 0.15) is 15.9 Å². The van der Waals surface area contributed by atoms with Crippen LogP contribution in [0.3, 0.4) is 0 Å². The van der Waals surface area contributed by atoms with Gasteiger partial charge in [0.15, 0.2) is 0 Å². The number of morpholine rings is 1. The number of nitrogens with zero attached hydrogens (tertiary/aromatic N) is 2. The number of amides is 1. The molecule has 1 saturated heterocycles. The average Bonchev–Trinajstić information content (AvgIpc) is 2.72. The molecular formula is C20H23N3O3. The molecule has 1 atom stereocenters. The first-order valence-electron chi connectivity index (χ1n) is 9.07. The summed E-state index contributed by atoms with van der Waals surface area (Å²) in [5.41, 5.74) is 1.91. The molecule has 0 bridgehead atoms. The van der Waals surface area contributed by atoms with Crippen molar-refractivity contribution in [1.82, 2.24) is 9.88 Å². The highest BCUT2D eigenvalue weighted by atomic mass is 16.5. The number of carbonyl (C=O) groups excluding carboxylic acids is 1. The zero-order valence-corrected chi connectivity index (χ0v) is 14.7. The molecule has 2 aromatic rings. The molecule has 6 nitrogen and oxygen atoms in total. The Kier molecular flexibility index (Phi) is 5.02. The Balaban J connectivity index is 1.36. The van der Waals surface area contributed by atoms with Gasteiger partial charge in [0.05, 0.1) is 19.8 Å². The third kappa shape index (κ3) is 3.80. The Hall–Kier alpha value is -2.60. The lowest BCUT2D eigenvalue weighted by atomic mass is 9.97. The maximum Gasteiger partial charge on any atom is 0.254 e. The molecule has 1 aromatic heterocycles. The van der Waals surface area contributed by atoms with Crippen molar-refractivity contribution < 1.29 is 14.3 Å². The number of ether oxygens (including phenoxy) is 2. The summed E-state index contributed by atoms with van der Waals surface area (Å²) in [5, 5.41) is 3.36. The molecular weight excluding hydrogens is 330 g/mol. The summed E-state index contributed by atoms with van der Waals surface area (Å²) >= 11 is 0. The summed E-state index contributed by atoms with van der Waals surface area (Å²) in [7, 11) is 0. The Morgan fingerprint density at radius 2 is 2.08 bits per heavy atom. The van der Waals surface area contributed by atoms with Gasteiger partial charge in [-0.15, -0.1) is 0 Å². The molecule has 4 rings (SSSR count). The monoisotopic (exact) mass is 353 g/mol. The van der Waals surface area contributed by atoms with Gasteiger partial charge in [-0.2, -0.15) is 0 Å². The zero-order chi connectivity index (χ0) is 17.8. The van der Waals surface area contributed by atoms with Gasteiger partial charge in [-0.3, -0.25) is 4.79 Å². The maximum atomic E-state index is 12.6. The number of rotatable bonds is 4. The van der Waals surface area contributed by atoms with E-state index >= 15 is 0 Å². The van der Waals surface area contributed by atoms with Gasteiger partial charge in [0.1, 0.15) is 11.6 Å². The molecule has 136 valence electrons. The summed E-state index contributed by atoms with van der Waals surface area (Å²) in [6, 6.07) is 11.8. The largest absolute Gasteiger partial charge is 0.493 e. The van der Waals surface area contributed by atoms with Gasteiger partial charge < -0.3 is 19.7 Å². The molecule has 0 spiro atoms. The van der Waals surface area contributed by atoms with E-state index in [2.05, 4.69) is 16.4 Å². The van der Waals surface area contributed by atoms with Crippen LogP contribution < -0.4 is 10.1 Å². The lowest BCUT2D eigenvalue weighted by Crippen LogP contribution is -2.40. The minimum absolute atomic E-state index is 0.0358. The summed E-state index contributed by atoms with van der Waals surface area (Å²) in [6.07, 6.45) is 2.66. The molecule has 1 aromatic carbocycles. The first-order valence-corrected chi connectivity index (χ1v) is 9.07. The van der Waals surface area contributed by atoms with Crippen molar-refractivity contribution in [3.63, 3.8) is 0 Å². The predicted octanol–water partition coefficient (Wildman–Crippen LogP) is 2.22. The standard InChI is InChI=1S/C20H23N3O3/c24-20(23-7-9-25-10-8-23)17-5-6-21-19(12-17)22-13-15-11-16-3-1-2-4-18(16)26-14-15/h1-6,12,15H,7-11,13-14H2,(H,21,22)/t15-/m1/s1. The number of aromatic nitrogens is 1. The predicted molar refractivity (Wildman–Crippen MR) is 98.6 cm³/mol. The average molecular weight is 353 g/mol. The second-order valence-electron chi connectivity index (χ2n) is 6.70. The van der Waals surface area contributed by atoms with Crippen molar-refractivity contribution in [2.45, 2.75) is 6.42 Å². The number of hydrogen-bond donors (Lipinski definition) is 1. The number of benzene rings is 1. The van der Waals surface area contributed by atoms with Crippen molar-refractivity contribution in [3.05, 3.63) is 53.7 Å². The normalized spacial score (nSPS) is 19.4. The summed E-state index contributed by atoms with van der Waals surface area (Å²) in [6.45, 7) is 3.94. The fraction of sp³-hybridized carbons (Fsp3) is 0.400. The summed E-state index contributed by atoms with van der Waals surface area (Å²) in [4.78, 5) is 18.8. The fourth-order valence-electron chi connectivity index (χ4n) is 3.38. The van der Waals surface area contributed by atoms with Gasteiger partial charge in [-0.25, -0.2) is 4.98 Å². The van der Waals surface area contributed by atoms with E-state index in [0.717, 1.165) is 24.5 Å². The molecule has 3 heterocycles. The Bertz CT molecular complexity index is 774. The van der Waals surface area contributed by atoms with Crippen molar-refractivity contribution >= 4 is 11.7 Å². The first-order chi connectivity index (χ1) is 12.8. The molecule has 6 heteroatoms. The second-order valence-corrected chi connectivity index (χ2v) is 6.70. The lowest BCUT2D eigenvalue weighted by Gasteiger charge is -2.27. The van der Waals surface area contributed by atoms with Gasteiger partial charge in [0, 0.05) is 37.3 Å². The van der Waals surface area contributed by atoms with Crippen LogP contribution in [0.4, 0.5) is 5.82 Å². The Morgan fingerprint density at radius 3 is 2.96 bits per heavy atom. The van der Waals surface area contributed by atoms with Crippen LogP contribution in [0, 0.1) is 5.92 Å². The van der Waals surface area contributed by atoms with Crippen molar-refractivity contribution in [2.24, 2.45) is 5.92 Å². The third-order valence-electron chi connectivity index (χ3n) is 4.83. The van der Waals surface area contributed by atoms with E-state index in [1.54, 1.807) is 12.3 Å². The van der Waals surface area contributed by atoms with Crippen molar-refractivity contribution in [1.29, 1.82) is 0 Å².